The highest BCUT2D eigenvalue weighted by Crippen LogP contribution is 2.14. The number of halogens is 1. The van der Waals surface area contributed by atoms with Crippen LogP contribution in [0.5, 0.6) is 0 Å². The molecule has 0 spiro atoms. The second-order valence-electron chi connectivity index (χ2n) is 4.30. The molecule has 0 fully saturated rings. The molecule has 0 saturated carbocycles. The van der Waals surface area contributed by atoms with Crippen LogP contribution < -0.4 is 10.0 Å². The molecule has 1 aromatic carbocycles. The molecule has 1 aromatic rings. The number of nitrogens with one attached hydrogen (secondary N) is 2. The number of sulfonamides is 1. The molecule has 0 atom stereocenters. The van der Waals surface area contributed by atoms with Crippen molar-refractivity contribution >= 4 is 31.9 Å². The number of hydrogen-bond acceptors (Lipinski definition) is 4. The first-order valence-corrected chi connectivity index (χ1v) is 8.74. The molecule has 0 heterocycles. The van der Waals surface area contributed by atoms with E-state index in [4.69, 9.17) is 4.74 Å². The van der Waals surface area contributed by atoms with Gasteiger partial charge >= 0.3 is 0 Å². The molecule has 0 radical (unpaired) electrons. The average Bonchev–Trinajstić information content (AvgIpc) is 2.44. The molecule has 0 aliphatic carbocycles. The van der Waals surface area contributed by atoms with Gasteiger partial charge in [0.1, 0.15) is 0 Å². The SMILES string of the molecule is COCCCNC(=O)CCNS(=O)(=O)c1ccc(Br)cc1. The summed E-state index contributed by atoms with van der Waals surface area (Å²) in [5.74, 6) is -0.190. The van der Waals surface area contributed by atoms with Gasteiger partial charge in [0.25, 0.3) is 0 Å². The summed E-state index contributed by atoms with van der Waals surface area (Å²) in [6, 6.07) is 6.29. The lowest BCUT2D eigenvalue weighted by atomic mass is 10.4. The number of benzene rings is 1. The number of methoxy groups -OCH3 is 1. The standard InChI is InChI=1S/C13H19BrN2O4S/c1-20-10-2-8-15-13(17)7-9-16-21(18,19)12-5-3-11(14)4-6-12/h3-6,16H,2,7-10H2,1H3,(H,15,17). The minimum absolute atomic E-state index is 0.0640. The Morgan fingerprint density at radius 3 is 2.52 bits per heavy atom. The fraction of sp³-hybridized carbons (Fsp3) is 0.462. The van der Waals surface area contributed by atoms with E-state index >= 15 is 0 Å². The van der Waals surface area contributed by atoms with Gasteiger partial charge in [-0.25, -0.2) is 13.1 Å². The predicted molar refractivity (Wildman–Crippen MR) is 83.5 cm³/mol. The molecular weight excluding hydrogens is 360 g/mol. The van der Waals surface area contributed by atoms with Crippen molar-refractivity contribution in [2.45, 2.75) is 17.7 Å². The molecule has 2 N–H and O–H groups in total. The van der Waals surface area contributed by atoms with Crippen molar-refractivity contribution in [2.75, 3.05) is 26.8 Å². The van der Waals surface area contributed by atoms with Crippen LogP contribution in [-0.2, 0) is 19.6 Å². The van der Waals surface area contributed by atoms with Crippen molar-refractivity contribution in [3.63, 3.8) is 0 Å². The van der Waals surface area contributed by atoms with Gasteiger partial charge < -0.3 is 10.1 Å². The lowest BCUT2D eigenvalue weighted by Gasteiger charge is -2.07. The summed E-state index contributed by atoms with van der Waals surface area (Å²) >= 11 is 3.24. The van der Waals surface area contributed by atoms with Crippen LogP contribution in [0.1, 0.15) is 12.8 Å². The van der Waals surface area contributed by atoms with Crippen LogP contribution in [0.3, 0.4) is 0 Å². The van der Waals surface area contributed by atoms with Crippen LogP contribution in [-0.4, -0.2) is 41.1 Å². The highest BCUT2D eigenvalue weighted by atomic mass is 79.9. The Kier molecular flexibility index (Phi) is 7.87. The Morgan fingerprint density at radius 1 is 1.24 bits per heavy atom. The van der Waals surface area contributed by atoms with Gasteiger partial charge in [-0.05, 0) is 30.7 Å². The quantitative estimate of drug-likeness (QED) is 0.633. The fourth-order valence-corrected chi connectivity index (χ4v) is 2.82. The van der Waals surface area contributed by atoms with E-state index in [0.717, 1.165) is 10.9 Å². The summed E-state index contributed by atoms with van der Waals surface area (Å²) < 4.78 is 32.0. The number of carbonyl (C=O) groups excluding carboxylic acids is 1. The third kappa shape index (κ3) is 7.03. The topological polar surface area (TPSA) is 84.5 Å². The third-order valence-electron chi connectivity index (χ3n) is 2.62. The minimum Gasteiger partial charge on any atom is -0.385 e. The van der Waals surface area contributed by atoms with Crippen molar-refractivity contribution in [1.29, 1.82) is 0 Å². The first kappa shape index (κ1) is 18.1. The van der Waals surface area contributed by atoms with E-state index < -0.39 is 10.0 Å². The van der Waals surface area contributed by atoms with E-state index in [1.165, 1.54) is 12.1 Å². The van der Waals surface area contributed by atoms with Gasteiger partial charge in [0.15, 0.2) is 0 Å². The van der Waals surface area contributed by atoms with Crippen molar-refractivity contribution < 1.29 is 17.9 Å². The van der Waals surface area contributed by atoms with Crippen LogP contribution in [0.2, 0.25) is 0 Å². The van der Waals surface area contributed by atoms with E-state index in [-0.39, 0.29) is 23.8 Å². The first-order chi connectivity index (χ1) is 9.95. The normalized spacial score (nSPS) is 11.3. The third-order valence-corrected chi connectivity index (χ3v) is 4.62. The van der Waals surface area contributed by atoms with E-state index in [1.54, 1.807) is 19.2 Å². The molecule has 1 amide bonds. The van der Waals surface area contributed by atoms with Gasteiger partial charge in [0.2, 0.25) is 15.9 Å². The Morgan fingerprint density at radius 2 is 1.90 bits per heavy atom. The number of hydrogen-bond donors (Lipinski definition) is 2. The lowest BCUT2D eigenvalue weighted by Crippen LogP contribution is -2.31. The molecule has 0 aromatic heterocycles. The monoisotopic (exact) mass is 378 g/mol. The number of rotatable bonds is 9. The van der Waals surface area contributed by atoms with Crippen molar-refractivity contribution in [3.8, 4) is 0 Å². The summed E-state index contributed by atoms with van der Waals surface area (Å²) in [5, 5.41) is 2.69. The second kappa shape index (κ2) is 9.14. The van der Waals surface area contributed by atoms with Crippen LogP contribution >= 0.6 is 15.9 Å². The summed E-state index contributed by atoms with van der Waals surface area (Å²) in [5.41, 5.74) is 0. The predicted octanol–water partition coefficient (Wildman–Crippen LogP) is 1.27. The van der Waals surface area contributed by atoms with Crippen LogP contribution in [0.4, 0.5) is 0 Å². The number of amides is 1. The molecule has 0 aliphatic heterocycles. The van der Waals surface area contributed by atoms with Gasteiger partial charge in [0.05, 0.1) is 4.90 Å². The molecule has 0 aliphatic rings. The zero-order valence-electron chi connectivity index (χ0n) is 11.8. The summed E-state index contributed by atoms with van der Waals surface area (Å²) in [4.78, 5) is 11.7. The maximum absolute atomic E-state index is 11.9. The molecule has 0 saturated heterocycles. The Labute approximate surface area is 133 Å². The van der Waals surface area contributed by atoms with Gasteiger partial charge in [-0.15, -0.1) is 0 Å². The largest absolute Gasteiger partial charge is 0.385 e. The maximum atomic E-state index is 11.9. The average molecular weight is 379 g/mol. The van der Waals surface area contributed by atoms with Crippen LogP contribution in [0.25, 0.3) is 0 Å². The fourth-order valence-electron chi connectivity index (χ4n) is 1.53. The maximum Gasteiger partial charge on any atom is 0.240 e. The van der Waals surface area contributed by atoms with Gasteiger partial charge in [-0.2, -0.15) is 0 Å². The molecule has 0 bridgehead atoms. The van der Waals surface area contributed by atoms with Gasteiger partial charge in [0, 0.05) is 37.7 Å². The Hall–Kier alpha value is -0.960. The zero-order chi connectivity index (χ0) is 15.7. The Bertz CT molecular complexity index is 546. The molecular formula is C13H19BrN2O4S. The smallest absolute Gasteiger partial charge is 0.240 e. The van der Waals surface area contributed by atoms with Crippen molar-refractivity contribution in [3.05, 3.63) is 28.7 Å². The summed E-state index contributed by atoms with van der Waals surface area (Å²) in [6.45, 7) is 1.16. The van der Waals surface area contributed by atoms with Gasteiger partial charge in [-0.1, -0.05) is 15.9 Å². The van der Waals surface area contributed by atoms with E-state index in [9.17, 15) is 13.2 Å². The Balaban J connectivity index is 2.34. The summed E-state index contributed by atoms with van der Waals surface area (Å²) in [7, 11) is -1.98. The van der Waals surface area contributed by atoms with Gasteiger partial charge in [-0.3, -0.25) is 4.79 Å². The highest BCUT2D eigenvalue weighted by Gasteiger charge is 2.13. The molecule has 6 nitrogen and oxygen atoms in total. The van der Waals surface area contributed by atoms with E-state index in [1.807, 2.05) is 0 Å². The van der Waals surface area contributed by atoms with Crippen molar-refractivity contribution in [2.24, 2.45) is 0 Å². The molecule has 118 valence electrons. The van der Waals surface area contributed by atoms with Crippen LogP contribution in [0.15, 0.2) is 33.6 Å². The van der Waals surface area contributed by atoms with E-state index in [2.05, 4.69) is 26.0 Å². The highest BCUT2D eigenvalue weighted by molar-refractivity contribution is 9.10. The van der Waals surface area contributed by atoms with Crippen molar-refractivity contribution in [1.82, 2.24) is 10.0 Å². The molecule has 8 heteroatoms. The molecule has 0 unspecified atom stereocenters. The zero-order valence-corrected chi connectivity index (χ0v) is 14.2. The minimum atomic E-state index is -3.57. The molecule has 1 rings (SSSR count). The van der Waals surface area contributed by atoms with Crippen LogP contribution in [0, 0.1) is 0 Å². The lowest BCUT2D eigenvalue weighted by molar-refractivity contribution is -0.120. The number of ether oxygens (including phenoxy) is 1. The first-order valence-electron chi connectivity index (χ1n) is 6.46. The number of carbonyl (C=O) groups is 1. The van der Waals surface area contributed by atoms with E-state index in [0.29, 0.717) is 13.2 Å². The molecule has 21 heavy (non-hydrogen) atoms. The summed E-state index contributed by atoms with van der Waals surface area (Å²) in [6.07, 6.45) is 0.829. The second-order valence-corrected chi connectivity index (χ2v) is 6.98.